The van der Waals surface area contributed by atoms with Crippen molar-refractivity contribution in [3.8, 4) is 0 Å². The predicted molar refractivity (Wildman–Crippen MR) is 92.0 cm³/mol. The molecule has 0 saturated carbocycles. The second-order valence-corrected chi connectivity index (χ2v) is 5.53. The normalized spacial score (nSPS) is 11.0. The summed E-state index contributed by atoms with van der Waals surface area (Å²) in [5, 5.41) is 3.12. The van der Waals surface area contributed by atoms with E-state index in [2.05, 4.69) is 17.2 Å². The van der Waals surface area contributed by atoms with Crippen molar-refractivity contribution in [2.24, 2.45) is 4.99 Å². The van der Waals surface area contributed by atoms with Crippen molar-refractivity contribution in [1.29, 1.82) is 0 Å². The summed E-state index contributed by atoms with van der Waals surface area (Å²) in [7, 11) is 1.96. The van der Waals surface area contributed by atoms with E-state index < -0.39 is 11.6 Å². The fourth-order valence-electron chi connectivity index (χ4n) is 2.05. The summed E-state index contributed by atoms with van der Waals surface area (Å²) in [6.45, 7) is 6.86. The molecular formula is C18H21F2N3. The summed E-state index contributed by atoms with van der Waals surface area (Å²) in [6.07, 6.45) is 1.80. The van der Waals surface area contributed by atoms with Gasteiger partial charge in [-0.05, 0) is 56.2 Å². The van der Waals surface area contributed by atoms with Gasteiger partial charge in [-0.3, -0.25) is 0 Å². The largest absolute Gasteiger partial charge is 0.366 e. The zero-order chi connectivity index (χ0) is 17.0. The molecule has 0 radical (unpaired) electrons. The molecule has 0 fully saturated rings. The van der Waals surface area contributed by atoms with Crippen LogP contribution < -0.4 is 5.32 Å². The van der Waals surface area contributed by atoms with Crippen LogP contribution in [0.3, 0.4) is 0 Å². The number of nitrogens with one attached hydrogen (secondary N) is 1. The van der Waals surface area contributed by atoms with Crippen molar-refractivity contribution < 1.29 is 8.78 Å². The van der Waals surface area contributed by atoms with Gasteiger partial charge in [0.1, 0.15) is 0 Å². The van der Waals surface area contributed by atoms with E-state index in [0.29, 0.717) is 5.69 Å². The molecule has 0 aliphatic carbocycles. The lowest BCUT2D eigenvalue weighted by atomic mass is 10.1. The first-order chi connectivity index (χ1) is 10.9. The van der Waals surface area contributed by atoms with Gasteiger partial charge in [0.15, 0.2) is 11.6 Å². The number of halogens is 2. The van der Waals surface area contributed by atoms with Gasteiger partial charge >= 0.3 is 0 Å². The number of rotatable bonds is 5. The zero-order valence-electron chi connectivity index (χ0n) is 13.8. The number of benzene rings is 2. The number of hydrogen-bond acceptors (Lipinski definition) is 2. The topological polar surface area (TPSA) is 27.6 Å². The first kappa shape index (κ1) is 16.9. The van der Waals surface area contributed by atoms with Crippen molar-refractivity contribution in [2.75, 3.05) is 18.9 Å². The molecule has 0 aromatic heterocycles. The maximum absolute atomic E-state index is 13.3. The van der Waals surface area contributed by atoms with Crippen molar-refractivity contribution >= 4 is 23.4 Å². The van der Waals surface area contributed by atoms with E-state index in [-0.39, 0.29) is 0 Å². The van der Waals surface area contributed by atoms with E-state index in [1.54, 1.807) is 6.34 Å². The van der Waals surface area contributed by atoms with Gasteiger partial charge in [0.25, 0.3) is 0 Å². The average Bonchev–Trinajstić information content (AvgIpc) is 2.52. The molecule has 2 aromatic rings. The number of anilines is 2. The van der Waals surface area contributed by atoms with E-state index in [1.165, 1.54) is 6.07 Å². The Morgan fingerprint density at radius 1 is 1.09 bits per heavy atom. The van der Waals surface area contributed by atoms with Gasteiger partial charge < -0.3 is 10.2 Å². The molecule has 1 N–H and O–H groups in total. The monoisotopic (exact) mass is 317 g/mol. The van der Waals surface area contributed by atoms with Crippen molar-refractivity contribution in [2.45, 2.75) is 20.8 Å². The van der Waals surface area contributed by atoms with E-state index in [9.17, 15) is 8.78 Å². The van der Waals surface area contributed by atoms with Crippen LogP contribution in [0.15, 0.2) is 35.3 Å². The van der Waals surface area contributed by atoms with Crippen LogP contribution in [-0.2, 0) is 0 Å². The van der Waals surface area contributed by atoms with Crippen LogP contribution >= 0.6 is 0 Å². The van der Waals surface area contributed by atoms with Gasteiger partial charge in [0, 0.05) is 31.0 Å². The highest BCUT2D eigenvalue weighted by molar-refractivity contribution is 5.70. The summed E-state index contributed by atoms with van der Waals surface area (Å²) in [5.74, 6) is -1.72. The number of nitrogens with zero attached hydrogens (tertiary/aromatic N) is 2. The zero-order valence-corrected chi connectivity index (χ0v) is 13.8. The molecule has 0 amide bonds. The molecule has 0 atom stereocenters. The summed E-state index contributed by atoms with van der Waals surface area (Å²) in [6, 6.07) is 7.69. The average molecular weight is 317 g/mol. The van der Waals surface area contributed by atoms with Crippen molar-refractivity contribution in [1.82, 2.24) is 4.90 Å². The Labute approximate surface area is 135 Å². The minimum atomic E-state index is -0.867. The molecule has 2 rings (SSSR count). The molecule has 23 heavy (non-hydrogen) atoms. The molecule has 0 spiro atoms. The van der Waals surface area contributed by atoms with Crippen LogP contribution in [0.4, 0.5) is 25.8 Å². The summed E-state index contributed by atoms with van der Waals surface area (Å²) < 4.78 is 26.3. The van der Waals surface area contributed by atoms with E-state index in [1.807, 2.05) is 37.9 Å². The van der Waals surface area contributed by atoms with Gasteiger partial charge in [0.05, 0.1) is 12.0 Å². The standard InChI is InChI=1S/C18H21F2N3/c1-5-23(4)11-21-17-8-13(3)18(9-12(17)2)22-14-6-7-15(19)16(20)10-14/h6-11,22H,5H2,1-4H3. The van der Waals surface area contributed by atoms with Gasteiger partial charge in [-0.15, -0.1) is 0 Å². The first-order valence-corrected chi connectivity index (χ1v) is 7.48. The second-order valence-electron chi connectivity index (χ2n) is 5.53. The van der Waals surface area contributed by atoms with Crippen molar-refractivity contribution in [3.63, 3.8) is 0 Å². The summed E-state index contributed by atoms with van der Waals surface area (Å²) in [4.78, 5) is 6.46. The van der Waals surface area contributed by atoms with Gasteiger partial charge in [-0.1, -0.05) is 0 Å². The number of hydrogen-bond donors (Lipinski definition) is 1. The lowest BCUT2D eigenvalue weighted by Gasteiger charge is -2.13. The highest BCUT2D eigenvalue weighted by atomic mass is 19.2. The Hall–Kier alpha value is -2.43. The minimum absolute atomic E-state index is 0.508. The summed E-state index contributed by atoms with van der Waals surface area (Å²) in [5.41, 5.74) is 4.22. The van der Waals surface area contributed by atoms with Gasteiger partial charge in [-0.2, -0.15) is 0 Å². The third-order valence-electron chi connectivity index (χ3n) is 3.63. The molecule has 2 aromatic carbocycles. The minimum Gasteiger partial charge on any atom is -0.366 e. The van der Waals surface area contributed by atoms with E-state index >= 15 is 0 Å². The Balaban J connectivity index is 2.25. The van der Waals surface area contributed by atoms with E-state index in [0.717, 1.165) is 41.2 Å². The lowest BCUT2D eigenvalue weighted by Crippen LogP contribution is -2.14. The quantitative estimate of drug-likeness (QED) is 0.625. The molecule has 0 saturated heterocycles. The molecule has 0 bridgehead atoms. The lowest BCUT2D eigenvalue weighted by molar-refractivity contribution is 0.509. The fourth-order valence-corrected chi connectivity index (χ4v) is 2.05. The first-order valence-electron chi connectivity index (χ1n) is 7.48. The predicted octanol–water partition coefficient (Wildman–Crippen LogP) is 4.94. The fraction of sp³-hybridized carbons (Fsp3) is 0.278. The van der Waals surface area contributed by atoms with Crippen LogP contribution in [-0.4, -0.2) is 24.8 Å². The van der Waals surface area contributed by atoms with Gasteiger partial charge in [-0.25, -0.2) is 13.8 Å². The summed E-state index contributed by atoms with van der Waals surface area (Å²) >= 11 is 0. The molecular weight excluding hydrogens is 296 g/mol. The molecule has 5 heteroatoms. The van der Waals surface area contributed by atoms with E-state index in [4.69, 9.17) is 0 Å². The van der Waals surface area contributed by atoms with Crippen LogP contribution in [0.5, 0.6) is 0 Å². The van der Waals surface area contributed by atoms with Crippen LogP contribution in [0.2, 0.25) is 0 Å². The molecule has 0 aliphatic rings. The highest BCUT2D eigenvalue weighted by Crippen LogP contribution is 2.29. The Morgan fingerprint density at radius 2 is 1.83 bits per heavy atom. The third kappa shape index (κ3) is 4.28. The molecule has 0 unspecified atom stereocenters. The Bertz CT molecular complexity index is 726. The van der Waals surface area contributed by atoms with Crippen LogP contribution in [0.25, 0.3) is 0 Å². The second kappa shape index (κ2) is 7.22. The number of aryl methyl sites for hydroxylation is 2. The van der Waals surface area contributed by atoms with Crippen LogP contribution in [0.1, 0.15) is 18.1 Å². The SMILES string of the molecule is CCN(C)C=Nc1cc(C)c(Nc2ccc(F)c(F)c2)cc1C. The maximum Gasteiger partial charge on any atom is 0.160 e. The van der Waals surface area contributed by atoms with Crippen molar-refractivity contribution in [3.05, 3.63) is 53.1 Å². The Kier molecular flexibility index (Phi) is 5.32. The highest BCUT2D eigenvalue weighted by Gasteiger charge is 2.07. The molecule has 3 nitrogen and oxygen atoms in total. The van der Waals surface area contributed by atoms with Gasteiger partial charge in [0.2, 0.25) is 0 Å². The molecule has 0 heterocycles. The molecule has 0 aliphatic heterocycles. The Morgan fingerprint density at radius 3 is 2.48 bits per heavy atom. The smallest absolute Gasteiger partial charge is 0.160 e. The third-order valence-corrected chi connectivity index (χ3v) is 3.63. The maximum atomic E-state index is 13.3. The molecule has 122 valence electrons. The van der Waals surface area contributed by atoms with Crippen LogP contribution in [0, 0.1) is 25.5 Å². The number of aliphatic imine (C=N–C) groups is 1.